The molecule has 0 radical (unpaired) electrons. The van der Waals surface area contributed by atoms with Crippen LogP contribution in [0.25, 0.3) is 0 Å². The Kier molecular flexibility index (Phi) is 6.17. The molecular weight excluding hydrogens is 342 g/mol. The third kappa shape index (κ3) is 5.04. The van der Waals surface area contributed by atoms with Gasteiger partial charge in [0, 0.05) is 13.1 Å². The molecule has 0 spiro atoms. The van der Waals surface area contributed by atoms with Crippen LogP contribution in [0.4, 0.5) is 0 Å². The van der Waals surface area contributed by atoms with Crippen molar-refractivity contribution in [2.24, 2.45) is 0 Å². The number of nitrogens with zero attached hydrogens (tertiary/aromatic N) is 1. The number of methoxy groups -OCH3 is 1. The third-order valence-corrected chi connectivity index (χ3v) is 5.59. The highest BCUT2D eigenvalue weighted by atomic mass is 32.2. The number of carbonyl (C=O) groups is 1. The van der Waals surface area contributed by atoms with Crippen molar-refractivity contribution in [3.8, 4) is 5.75 Å². The van der Waals surface area contributed by atoms with E-state index in [2.05, 4.69) is 0 Å². The number of sulfonamides is 1. The van der Waals surface area contributed by atoms with Crippen molar-refractivity contribution in [2.45, 2.75) is 24.8 Å². The Labute approximate surface area is 147 Å². The SMILES string of the molecule is COc1cccc(CN(CCC(=O)O)S(=O)(=O)c2ccc(C)cc2)c1. The summed E-state index contributed by atoms with van der Waals surface area (Å²) >= 11 is 0. The van der Waals surface area contributed by atoms with Crippen LogP contribution in [-0.2, 0) is 21.4 Å². The van der Waals surface area contributed by atoms with Crippen LogP contribution < -0.4 is 4.74 Å². The van der Waals surface area contributed by atoms with Gasteiger partial charge in [0.15, 0.2) is 0 Å². The molecule has 1 N–H and O–H groups in total. The zero-order valence-electron chi connectivity index (χ0n) is 14.2. The van der Waals surface area contributed by atoms with Crippen LogP contribution in [0.3, 0.4) is 0 Å². The Balaban J connectivity index is 2.33. The lowest BCUT2D eigenvalue weighted by atomic mass is 10.2. The van der Waals surface area contributed by atoms with Gasteiger partial charge in [0.1, 0.15) is 5.75 Å². The van der Waals surface area contributed by atoms with Gasteiger partial charge in [-0.25, -0.2) is 8.42 Å². The van der Waals surface area contributed by atoms with Crippen LogP contribution in [0.15, 0.2) is 53.4 Å². The van der Waals surface area contributed by atoms with Gasteiger partial charge in [0.05, 0.1) is 18.4 Å². The predicted molar refractivity (Wildman–Crippen MR) is 94.0 cm³/mol. The van der Waals surface area contributed by atoms with E-state index in [0.29, 0.717) is 5.75 Å². The van der Waals surface area contributed by atoms with Gasteiger partial charge in [0.25, 0.3) is 0 Å². The molecule has 0 aliphatic heterocycles. The number of rotatable bonds is 8. The second-order valence-corrected chi connectivity index (χ2v) is 7.58. The lowest BCUT2D eigenvalue weighted by Gasteiger charge is -2.22. The summed E-state index contributed by atoms with van der Waals surface area (Å²) in [5.74, 6) is -0.432. The molecule has 0 saturated carbocycles. The minimum Gasteiger partial charge on any atom is -0.497 e. The Hall–Kier alpha value is -2.38. The van der Waals surface area contributed by atoms with Crippen LogP contribution in [0.5, 0.6) is 5.75 Å². The van der Waals surface area contributed by atoms with Gasteiger partial charge in [-0.1, -0.05) is 29.8 Å². The van der Waals surface area contributed by atoms with E-state index in [1.54, 1.807) is 36.4 Å². The summed E-state index contributed by atoms with van der Waals surface area (Å²) in [6.07, 6.45) is -0.269. The molecular formula is C18H21NO5S. The maximum absolute atomic E-state index is 12.9. The van der Waals surface area contributed by atoms with Crippen molar-refractivity contribution in [3.63, 3.8) is 0 Å². The highest BCUT2D eigenvalue weighted by Gasteiger charge is 2.25. The van der Waals surface area contributed by atoms with Gasteiger partial charge < -0.3 is 9.84 Å². The summed E-state index contributed by atoms with van der Waals surface area (Å²) in [6.45, 7) is 1.83. The molecule has 0 heterocycles. The van der Waals surface area contributed by atoms with Crippen molar-refractivity contribution in [1.82, 2.24) is 4.31 Å². The highest BCUT2D eigenvalue weighted by Crippen LogP contribution is 2.21. The monoisotopic (exact) mass is 363 g/mol. The minimum absolute atomic E-state index is 0.0701. The van der Waals surface area contributed by atoms with Gasteiger partial charge in [-0.15, -0.1) is 0 Å². The van der Waals surface area contributed by atoms with Crippen LogP contribution in [0, 0.1) is 6.92 Å². The molecule has 0 aliphatic rings. The summed E-state index contributed by atoms with van der Waals surface area (Å²) in [6, 6.07) is 13.5. The van der Waals surface area contributed by atoms with E-state index < -0.39 is 16.0 Å². The summed E-state index contributed by atoms with van der Waals surface area (Å²) < 4.78 is 32.2. The summed E-state index contributed by atoms with van der Waals surface area (Å²) in [5.41, 5.74) is 1.67. The first-order chi connectivity index (χ1) is 11.8. The van der Waals surface area contributed by atoms with Gasteiger partial charge in [-0.3, -0.25) is 4.79 Å². The first-order valence-corrected chi connectivity index (χ1v) is 9.18. The fraction of sp³-hybridized carbons (Fsp3) is 0.278. The molecule has 0 bridgehead atoms. The van der Waals surface area contributed by atoms with E-state index in [-0.39, 0.29) is 24.4 Å². The van der Waals surface area contributed by atoms with Crippen LogP contribution in [-0.4, -0.2) is 37.5 Å². The van der Waals surface area contributed by atoms with Crippen molar-refractivity contribution in [3.05, 3.63) is 59.7 Å². The number of hydrogen-bond donors (Lipinski definition) is 1. The first-order valence-electron chi connectivity index (χ1n) is 7.74. The Morgan fingerprint density at radius 1 is 1.16 bits per heavy atom. The Morgan fingerprint density at radius 3 is 2.44 bits per heavy atom. The number of aryl methyl sites for hydroxylation is 1. The normalized spacial score (nSPS) is 11.5. The van der Waals surface area contributed by atoms with E-state index in [1.807, 2.05) is 6.92 Å². The van der Waals surface area contributed by atoms with Crippen LogP contribution >= 0.6 is 0 Å². The lowest BCUT2D eigenvalue weighted by molar-refractivity contribution is -0.137. The molecule has 2 aromatic rings. The highest BCUT2D eigenvalue weighted by molar-refractivity contribution is 7.89. The third-order valence-electron chi connectivity index (χ3n) is 3.73. The number of ether oxygens (including phenoxy) is 1. The first kappa shape index (κ1) is 19.0. The zero-order chi connectivity index (χ0) is 18.4. The second-order valence-electron chi connectivity index (χ2n) is 5.65. The van der Waals surface area contributed by atoms with E-state index >= 15 is 0 Å². The molecule has 134 valence electrons. The topological polar surface area (TPSA) is 83.9 Å². The molecule has 0 aliphatic carbocycles. The van der Waals surface area contributed by atoms with Crippen molar-refractivity contribution < 1.29 is 23.1 Å². The van der Waals surface area contributed by atoms with Crippen LogP contribution in [0.1, 0.15) is 17.5 Å². The maximum atomic E-state index is 12.9. The summed E-state index contributed by atoms with van der Waals surface area (Å²) in [4.78, 5) is 11.1. The fourth-order valence-corrected chi connectivity index (χ4v) is 3.77. The second kappa shape index (κ2) is 8.13. The van der Waals surface area contributed by atoms with Crippen molar-refractivity contribution >= 4 is 16.0 Å². The molecule has 0 amide bonds. The van der Waals surface area contributed by atoms with E-state index in [9.17, 15) is 13.2 Å². The van der Waals surface area contributed by atoms with Crippen LogP contribution in [0.2, 0.25) is 0 Å². The van der Waals surface area contributed by atoms with Gasteiger partial charge in [-0.05, 0) is 36.8 Å². The number of benzene rings is 2. The lowest BCUT2D eigenvalue weighted by Crippen LogP contribution is -2.32. The molecule has 0 atom stereocenters. The molecule has 0 unspecified atom stereocenters. The van der Waals surface area contributed by atoms with E-state index in [1.165, 1.54) is 23.5 Å². The number of carboxylic acid groups (broad SMARTS) is 1. The average Bonchev–Trinajstić information content (AvgIpc) is 2.58. The van der Waals surface area contributed by atoms with Crippen molar-refractivity contribution in [2.75, 3.05) is 13.7 Å². The van der Waals surface area contributed by atoms with Gasteiger partial charge in [-0.2, -0.15) is 4.31 Å². The molecule has 7 heteroatoms. The predicted octanol–water partition coefficient (Wildman–Crippen LogP) is 2.67. The fourth-order valence-electron chi connectivity index (χ4n) is 2.34. The average molecular weight is 363 g/mol. The molecule has 0 saturated heterocycles. The molecule has 2 rings (SSSR count). The van der Waals surface area contributed by atoms with Crippen molar-refractivity contribution in [1.29, 1.82) is 0 Å². The number of aliphatic carboxylic acids is 1. The molecule has 0 aromatic heterocycles. The molecule has 6 nitrogen and oxygen atoms in total. The summed E-state index contributed by atoms with van der Waals surface area (Å²) in [5, 5.41) is 8.94. The standard InChI is InChI=1S/C18H21NO5S/c1-14-6-8-17(9-7-14)25(22,23)19(11-10-18(20)21)13-15-4-3-5-16(12-15)24-2/h3-9,12H,10-11,13H2,1-2H3,(H,20,21). The van der Waals surface area contributed by atoms with Gasteiger partial charge >= 0.3 is 5.97 Å². The van der Waals surface area contributed by atoms with E-state index in [4.69, 9.17) is 9.84 Å². The largest absolute Gasteiger partial charge is 0.497 e. The smallest absolute Gasteiger partial charge is 0.304 e. The number of carboxylic acids is 1. The maximum Gasteiger partial charge on any atom is 0.304 e. The molecule has 0 fully saturated rings. The molecule has 25 heavy (non-hydrogen) atoms. The Bertz CT molecular complexity index is 831. The Morgan fingerprint density at radius 2 is 1.84 bits per heavy atom. The quantitative estimate of drug-likeness (QED) is 0.779. The number of hydrogen-bond acceptors (Lipinski definition) is 4. The minimum atomic E-state index is -3.80. The zero-order valence-corrected chi connectivity index (χ0v) is 15.0. The van der Waals surface area contributed by atoms with E-state index in [0.717, 1.165) is 11.1 Å². The molecule has 2 aromatic carbocycles. The summed E-state index contributed by atoms with van der Waals surface area (Å²) in [7, 11) is -2.27. The van der Waals surface area contributed by atoms with Gasteiger partial charge in [0.2, 0.25) is 10.0 Å².